The van der Waals surface area contributed by atoms with Gasteiger partial charge in [-0.15, -0.1) is 0 Å². The highest BCUT2D eigenvalue weighted by atomic mass is 16.4. The van der Waals surface area contributed by atoms with Crippen molar-refractivity contribution in [1.82, 2.24) is 10.2 Å². The average Bonchev–Trinajstić information content (AvgIpc) is 2.39. The molecule has 1 unspecified atom stereocenters. The number of carbonyl (C=O) groups is 2. The number of benzene rings is 1. The van der Waals surface area contributed by atoms with E-state index in [1.54, 1.807) is 18.9 Å². The van der Waals surface area contributed by atoms with Crippen LogP contribution in [0.3, 0.4) is 0 Å². The van der Waals surface area contributed by atoms with Crippen LogP contribution < -0.4 is 5.32 Å². The molecule has 1 aromatic rings. The highest BCUT2D eigenvalue weighted by Crippen LogP contribution is 1.99. The molecule has 5 nitrogen and oxygen atoms in total. The maximum absolute atomic E-state index is 11.7. The van der Waals surface area contributed by atoms with Crippen LogP contribution in [0.2, 0.25) is 0 Å². The molecule has 1 atom stereocenters. The monoisotopic (exact) mass is 278 g/mol. The van der Waals surface area contributed by atoms with Crippen LogP contribution in [0.25, 0.3) is 0 Å². The highest BCUT2D eigenvalue weighted by molar-refractivity contribution is 5.78. The maximum Gasteiger partial charge on any atom is 0.307 e. The van der Waals surface area contributed by atoms with Crippen molar-refractivity contribution in [1.29, 1.82) is 0 Å². The molecule has 0 aliphatic heterocycles. The van der Waals surface area contributed by atoms with Crippen LogP contribution >= 0.6 is 0 Å². The molecule has 1 aromatic carbocycles. The van der Waals surface area contributed by atoms with Crippen LogP contribution in [0, 0.1) is 5.92 Å². The summed E-state index contributed by atoms with van der Waals surface area (Å²) in [7, 11) is 1.75. The minimum atomic E-state index is -0.846. The van der Waals surface area contributed by atoms with Gasteiger partial charge in [0.05, 0.1) is 12.5 Å². The Bertz CT molecular complexity index is 434. The SMILES string of the molecule is CC(CN(C)CC(=O)NCCc1ccccc1)C(=O)O. The second-order valence-corrected chi connectivity index (χ2v) is 5.02. The molecule has 0 aliphatic rings. The van der Waals surface area contributed by atoms with Crippen molar-refractivity contribution in [3.8, 4) is 0 Å². The van der Waals surface area contributed by atoms with Gasteiger partial charge >= 0.3 is 5.97 Å². The molecule has 1 rings (SSSR count). The van der Waals surface area contributed by atoms with Crippen LogP contribution in [0.1, 0.15) is 12.5 Å². The fraction of sp³-hybridized carbons (Fsp3) is 0.467. The first kappa shape index (κ1) is 16.2. The van der Waals surface area contributed by atoms with Gasteiger partial charge in [-0.3, -0.25) is 14.5 Å². The van der Waals surface area contributed by atoms with E-state index in [0.717, 1.165) is 6.42 Å². The quantitative estimate of drug-likeness (QED) is 0.744. The van der Waals surface area contributed by atoms with Crippen molar-refractivity contribution in [3.05, 3.63) is 35.9 Å². The molecule has 0 heterocycles. The lowest BCUT2D eigenvalue weighted by Gasteiger charge is -2.18. The summed E-state index contributed by atoms with van der Waals surface area (Å²) in [5.74, 6) is -1.40. The highest BCUT2D eigenvalue weighted by Gasteiger charge is 2.15. The lowest BCUT2D eigenvalue weighted by Crippen LogP contribution is -2.38. The van der Waals surface area contributed by atoms with Crippen LogP contribution in [-0.2, 0) is 16.0 Å². The van der Waals surface area contributed by atoms with Gasteiger partial charge in [-0.1, -0.05) is 37.3 Å². The third kappa shape index (κ3) is 6.33. The van der Waals surface area contributed by atoms with E-state index >= 15 is 0 Å². The molecule has 5 heteroatoms. The molecule has 0 radical (unpaired) electrons. The van der Waals surface area contributed by atoms with Gasteiger partial charge in [-0.25, -0.2) is 0 Å². The first-order chi connectivity index (χ1) is 9.49. The third-order valence-electron chi connectivity index (χ3n) is 3.00. The Morgan fingerprint density at radius 2 is 1.95 bits per heavy atom. The summed E-state index contributed by atoms with van der Waals surface area (Å²) >= 11 is 0. The topological polar surface area (TPSA) is 69.6 Å². The first-order valence-electron chi connectivity index (χ1n) is 6.71. The molecule has 110 valence electrons. The number of hydrogen-bond acceptors (Lipinski definition) is 3. The molecule has 0 aromatic heterocycles. The van der Waals surface area contributed by atoms with Crippen molar-refractivity contribution in [2.75, 3.05) is 26.7 Å². The summed E-state index contributed by atoms with van der Waals surface area (Å²) in [4.78, 5) is 24.1. The lowest BCUT2D eigenvalue weighted by atomic mass is 10.1. The minimum absolute atomic E-state index is 0.0824. The van der Waals surface area contributed by atoms with Crippen LogP contribution in [0.4, 0.5) is 0 Å². The van der Waals surface area contributed by atoms with Gasteiger partial charge in [0.25, 0.3) is 0 Å². The number of hydrogen-bond donors (Lipinski definition) is 2. The largest absolute Gasteiger partial charge is 0.481 e. The fourth-order valence-electron chi connectivity index (χ4n) is 1.90. The zero-order chi connectivity index (χ0) is 15.0. The molecule has 2 N–H and O–H groups in total. The molecule has 20 heavy (non-hydrogen) atoms. The molecule has 0 spiro atoms. The number of amides is 1. The van der Waals surface area contributed by atoms with E-state index < -0.39 is 11.9 Å². The minimum Gasteiger partial charge on any atom is -0.481 e. The Kier molecular flexibility index (Phi) is 6.73. The molecule has 0 aliphatic carbocycles. The van der Waals surface area contributed by atoms with Gasteiger partial charge < -0.3 is 10.4 Å². The van der Waals surface area contributed by atoms with Crippen molar-refractivity contribution in [3.63, 3.8) is 0 Å². The predicted molar refractivity (Wildman–Crippen MR) is 77.5 cm³/mol. The van der Waals surface area contributed by atoms with Crippen molar-refractivity contribution in [2.45, 2.75) is 13.3 Å². The molecule has 0 bridgehead atoms. The van der Waals surface area contributed by atoms with E-state index in [1.165, 1.54) is 5.56 Å². The standard InChI is InChI=1S/C15H22N2O3/c1-12(15(19)20)10-17(2)11-14(18)16-9-8-13-6-4-3-5-7-13/h3-7,12H,8-11H2,1-2H3,(H,16,18)(H,19,20). The number of carboxylic acids is 1. The Morgan fingerprint density at radius 3 is 2.55 bits per heavy atom. The van der Waals surface area contributed by atoms with E-state index in [1.807, 2.05) is 30.3 Å². The van der Waals surface area contributed by atoms with Crippen LogP contribution in [0.15, 0.2) is 30.3 Å². The first-order valence-corrected chi connectivity index (χ1v) is 6.71. The molecule has 1 amide bonds. The van der Waals surface area contributed by atoms with Gasteiger partial charge in [0.2, 0.25) is 5.91 Å². The smallest absolute Gasteiger partial charge is 0.307 e. The van der Waals surface area contributed by atoms with E-state index in [4.69, 9.17) is 5.11 Å². The Labute approximate surface area is 119 Å². The summed E-state index contributed by atoms with van der Waals surface area (Å²) in [6, 6.07) is 9.94. The van der Waals surface area contributed by atoms with Crippen LogP contribution in [-0.4, -0.2) is 48.6 Å². The van der Waals surface area contributed by atoms with E-state index in [2.05, 4.69) is 5.32 Å². The van der Waals surface area contributed by atoms with Crippen molar-refractivity contribution < 1.29 is 14.7 Å². The Morgan fingerprint density at radius 1 is 1.30 bits per heavy atom. The zero-order valence-corrected chi connectivity index (χ0v) is 12.0. The van der Waals surface area contributed by atoms with Gasteiger partial charge in [-0.05, 0) is 19.0 Å². The van der Waals surface area contributed by atoms with Crippen LogP contribution in [0.5, 0.6) is 0 Å². The number of nitrogens with one attached hydrogen (secondary N) is 1. The summed E-state index contributed by atoms with van der Waals surface area (Å²) in [5.41, 5.74) is 1.18. The normalized spacial score (nSPS) is 12.2. The van der Waals surface area contributed by atoms with E-state index in [-0.39, 0.29) is 12.5 Å². The number of aliphatic carboxylic acids is 1. The van der Waals surface area contributed by atoms with Gasteiger partial charge in [0, 0.05) is 13.1 Å². The van der Waals surface area contributed by atoms with Gasteiger partial charge in [0.1, 0.15) is 0 Å². The Balaban J connectivity index is 2.21. The second-order valence-electron chi connectivity index (χ2n) is 5.02. The zero-order valence-electron chi connectivity index (χ0n) is 12.0. The second kappa shape index (κ2) is 8.32. The summed E-state index contributed by atoms with van der Waals surface area (Å²) in [6.45, 7) is 2.80. The molecule has 0 saturated carbocycles. The Hall–Kier alpha value is -1.88. The third-order valence-corrected chi connectivity index (χ3v) is 3.00. The van der Waals surface area contributed by atoms with Crippen molar-refractivity contribution >= 4 is 11.9 Å². The van der Waals surface area contributed by atoms with E-state index in [0.29, 0.717) is 13.1 Å². The predicted octanol–water partition coefficient (Wildman–Crippen LogP) is 0.998. The molecular formula is C15H22N2O3. The number of carbonyl (C=O) groups excluding carboxylic acids is 1. The summed E-state index contributed by atoms with van der Waals surface area (Å²) < 4.78 is 0. The van der Waals surface area contributed by atoms with Gasteiger partial charge in [-0.2, -0.15) is 0 Å². The number of nitrogens with zero attached hydrogens (tertiary/aromatic N) is 1. The molecule has 0 fully saturated rings. The number of carboxylic acid groups (broad SMARTS) is 1. The summed E-state index contributed by atoms with van der Waals surface area (Å²) in [5, 5.41) is 11.6. The average molecular weight is 278 g/mol. The van der Waals surface area contributed by atoms with Crippen molar-refractivity contribution in [2.24, 2.45) is 5.92 Å². The maximum atomic E-state index is 11.7. The van der Waals surface area contributed by atoms with E-state index in [9.17, 15) is 9.59 Å². The number of rotatable bonds is 8. The molecule has 0 saturated heterocycles. The lowest BCUT2D eigenvalue weighted by molar-refractivity contribution is -0.142. The summed E-state index contributed by atoms with van der Waals surface area (Å²) in [6.07, 6.45) is 0.793. The number of likely N-dealkylation sites (N-methyl/N-ethyl adjacent to an activating group) is 1. The van der Waals surface area contributed by atoms with Gasteiger partial charge in [0.15, 0.2) is 0 Å². The molecular weight excluding hydrogens is 256 g/mol. The fourth-order valence-corrected chi connectivity index (χ4v) is 1.90.